The summed E-state index contributed by atoms with van der Waals surface area (Å²) in [4.78, 5) is 4.09. The van der Waals surface area contributed by atoms with Crippen LogP contribution in [0.2, 0.25) is 0 Å². The molecular weight excluding hydrogens is 212 g/mol. The maximum atomic E-state index is 5.73. The van der Waals surface area contributed by atoms with E-state index in [0.717, 1.165) is 23.4 Å². The first-order valence-corrected chi connectivity index (χ1v) is 6.40. The zero-order chi connectivity index (χ0) is 11.7. The topological polar surface area (TPSA) is 56.7 Å². The molecule has 0 aliphatic heterocycles. The average molecular weight is 230 g/mol. The molecular formula is C13H18N4. The summed E-state index contributed by atoms with van der Waals surface area (Å²) in [6, 6.07) is 1.92. The summed E-state index contributed by atoms with van der Waals surface area (Å²) in [6.07, 6.45) is 10.5. The Balaban J connectivity index is 1.86. The lowest BCUT2D eigenvalue weighted by atomic mass is 9.89. The van der Waals surface area contributed by atoms with E-state index in [1.165, 1.54) is 32.1 Å². The summed E-state index contributed by atoms with van der Waals surface area (Å²) in [6.45, 7) is 1.02. The van der Waals surface area contributed by atoms with Gasteiger partial charge in [0.25, 0.3) is 0 Å². The SMILES string of the molecule is Nc1cc2c(cn1)cnn2CC1CCCCC1. The fourth-order valence-corrected chi connectivity index (χ4v) is 2.75. The normalized spacial score (nSPS) is 17.6. The number of rotatable bonds is 2. The molecule has 90 valence electrons. The third-order valence-electron chi connectivity index (χ3n) is 3.70. The van der Waals surface area contributed by atoms with E-state index in [1.54, 1.807) is 6.20 Å². The Morgan fingerprint density at radius 1 is 1.24 bits per heavy atom. The number of nitrogens with two attached hydrogens (primary N) is 1. The first-order valence-electron chi connectivity index (χ1n) is 6.40. The number of hydrogen-bond acceptors (Lipinski definition) is 3. The summed E-state index contributed by atoms with van der Waals surface area (Å²) in [5.74, 6) is 1.35. The molecule has 2 aromatic heterocycles. The van der Waals surface area contributed by atoms with Crippen LogP contribution in [0.3, 0.4) is 0 Å². The van der Waals surface area contributed by atoms with Crippen LogP contribution in [0.5, 0.6) is 0 Å². The molecule has 0 bridgehead atoms. The Morgan fingerprint density at radius 3 is 2.88 bits per heavy atom. The monoisotopic (exact) mass is 230 g/mol. The highest BCUT2D eigenvalue weighted by atomic mass is 15.3. The molecule has 1 saturated carbocycles. The molecule has 17 heavy (non-hydrogen) atoms. The molecule has 1 aliphatic carbocycles. The van der Waals surface area contributed by atoms with Crippen molar-refractivity contribution in [2.45, 2.75) is 38.6 Å². The fraction of sp³-hybridized carbons (Fsp3) is 0.538. The third kappa shape index (κ3) is 2.12. The van der Waals surface area contributed by atoms with Gasteiger partial charge in [0.1, 0.15) is 5.82 Å². The Kier molecular flexibility index (Phi) is 2.71. The van der Waals surface area contributed by atoms with Crippen molar-refractivity contribution >= 4 is 16.7 Å². The van der Waals surface area contributed by atoms with Gasteiger partial charge in [0.05, 0.1) is 11.7 Å². The number of anilines is 1. The minimum absolute atomic E-state index is 0.572. The number of nitrogens with zero attached hydrogens (tertiary/aromatic N) is 3. The standard InChI is InChI=1S/C13H18N4/c14-13-6-12-11(7-15-13)8-16-17(12)9-10-4-2-1-3-5-10/h6-8,10H,1-5,9H2,(H2,14,15). The smallest absolute Gasteiger partial charge is 0.125 e. The van der Waals surface area contributed by atoms with Gasteiger partial charge in [0, 0.05) is 24.2 Å². The van der Waals surface area contributed by atoms with Crippen LogP contribution < -0.4 is 5.73 Å². The second kappa shape index (κ2) is 4.35. The van der Waals surface area contributed by atoms with Crippen molar-refractivity contribution in [3.05, 3.63) is 18.5 Å². The molecule has 0 amide bonds. The second-order valence-corrected chi connectivity index (χ2v) is 5.00. The van der Waals surface area contributed by atoms with E-state index in [-0.39, 0.29) is 0 Å². The van der Waals surface area contributed by atoms with Crippen LogP contribution in [0.15, 0.2) is 18.5 Å². The van der Waals surface area contributed by atoms with Gasteiger partial charge in [-0.1, -0.05) is 19.3 Å². The predicted molar refractivity (Wildman–Crippen MR) is 68.5 cm³/mol. The predicted octanol–water partition coefficient (Wildman–Crippen LogP) is 2.59. The second-order valence-electron chi connectivity index (χ2n) is 5.00. The molecule has 0 unspecified atom stereocenters. The molecule has 2 heterocycles. The zero-order valence-electron chi connectivity index (χ0n) is 9.97. The van der Waals surface area contributed by atoms with Crippen LogP contribution >= 0.6 is 0 Å². The lowest BCUT2D eigenvalue weighted by Gasteiger charge is -2.21. The molecule has 2 aromatic rings. The number of pyridine rings is 1. The van der Waals surface area contributed by atoms with Crippen molar-refractivity contribution in [2.24, 2.45) is 5.92 Å². The Bertz CT molecular complexity index is 511. The molecule has 0 spiro atoms. The third-order valence-corrected chi connectivity index (χ3v) is 3.70. The first kappa shape index (κ1) is 10.6. The van der Waals surface area contributed by atoms with E-state index in [1.807, 2.05) is 12.3 Å². The lowest BCUT2D eigenvalue weighted by Crippen LogP contribution is -2.14. The number of hydrogen-bond donors (Lipinski definition) is 1. The highest BCUT2D eigenvalue weighted by Gasteiger charge is 2.15. The van der Waals surface area contributed by atoms with Gasteiger partial charge in [0.15, 0.2) is 0 Å². The summed E-state index contributed by atoms with van der Waals surface area (Å²) >= 11 is 0. The van der Waals surface area contributed by atoms with E-state index in [9.17, 15) is 0 Å². The van der Waals surface area contributed by atoms with Gasteiger partial charge in [-0.05, 0) is 18.8 Å². The van der Waals surface area contributed by atoms with Crippen LogP contribution in [0, 0.1) is 5.92 Å². The van der Waals surface area contributed by atoms with E-state index in [0.29, 0.717) is 5.82 Å². The van der Waals surface area contributed by atoms with Crippen LogP contribution in [-0.4, -0.2) is 14.8 Å². The molecule has 0 atom stereocenters. The van der Waals surface area contributed by atoms with E-state index < -0.39 is 0 Å². The minimum Gasteiger partial charge on any atom is -0.384 e. The number of aromatic nitrogens is 3. The van der Waals surface area contributed by atoms with Gasteiger partial charge in [-0.3, -0.25) is 4.68 Å². The first-order chi connectivity index (χ1) is 8.33. The fourth-order valence-electron chi connectivity index (χ4n) is 2.75. The van der Waals surface area contributed by atoms with Crippen LogP contribution in [0.4, 0.5) is 5.82 Å². The zero-order valence-corrected chi connectivity index (χ0v) is 9.97. The lowest BCUT2D eigenvalue weighted by molar-refractivity contribution is 0.312. The minimum atomic E-state index is 0.572. The van der Waals surface area contributed by atoms with Gasteiger partial charge in [-0.15, -0.1) is 0 Å². The van der Waals surface area contributed by atoms with Crippen molar-refractivity contribution in [3.8, 4) is 0 Å². The molecule has 3 rings (SSSR count). The Labute approximate surface area is 101 Å². The van der Waals surface area contributed by atoms with E-state index in [4.69, 9.17) is 5.73 Å². The molecule has 2 N–H and O–H groups in total. The summed E-state index contributed by atoms with van der Waals surface area (Å²) in [5, 5.41) is 5.53. The van der Waals surface area contributed by atoms with Crippen molar-refractivity contribution in [3.63, 3.8) is 0 Å². The van der Waals surface area contributed by atoms with Gasteiger partial charge < -0.3 is 5.73 Å². The van der Waals surface area contributed by atoms with Gasteiger partial charge in [-0.25, -0.2) is 4.98 Å². The van der Waals surface area contributed by atoms with Crippen molar-refractivity contribution in [2.75, 3.05) is 5.73 Å². The van der Waals surface area contributed by atoms with E-state index >= 15 is 0 Å². The average Bonchev–Trinajstić information content (AvgIpc) is 2.73. The molecule has 0 radical (unpaired) electrons. The number of nitrogen functional groups attached to an aromatic ring is 1. The quantitative estimate of drug-likeness (QED) is 0.862. The summed E-state index contributed by atoms with van der Waals surface area (Å²) in [5.41, 5.74) is 6.85. The molecule has 4 nitrogen and oxygen atoms in total. The molecule has 0 saturated heterocycles. The van der Waals surface area contributed by atoms with Crippen molar-refractivity contribution in [1.29, 1.82) is 0 Å². The van der Waals surface area contributed by atoms with Crippen LogP contribution in [-0.2, 0) is 6.54 Å². The van der Waals surface area contributed by atoms with Crippen LogP contribution in [0.1, 0.15) is 32.1 Å². The molecule has 1 aliphatic rings. The summed E-state index contributed by atoms with van der Waals surface area (Å²) < 4.78 is 2.09. The Hall–Kier alpha value is -1.58. The Morgan fingerprint density at radius 2 is 2.06 bits per heavy atom. The largest absolute Gasteiger partial charge is 0.384 e. The number of fused-ring (bicyclic) bond motifs is 1. The van der Waals surface area contributed by atoms with E-state index in [2.05, 4.69) is 14.8 Å². The van der Waals surface area contributed by atoms with Gasteiger partial charge >= 0.3 is 0 Å². The molecule has 1 fully saturated rings. The van der Waals surface area contributed by atoms with Gasteiger partial charge in [-0.2, -0.15) is 5.10 Å². The van der Waals surface area contributed by atoms with Crippen molar-refractivity contribution in [1.82, 2.24) is 14.8 Å². The molecule has 0 aromatic carbocycles. The highest BCUT2D eigenvalue weighted by molar-refractivity contribution is 5.79. The van der Waals surface area contributed by atoms with Crippen molar-refractivity contribution < 1.29 is 0 Å². The molecule has 4 heteroatoms. The maximum absolute atomic E-state index is 5.73. The van der Waals surface area contributed by atoms with Crippen LogP contribution in [0.25, 0.3) is 10.9 Å². The van der Waals surface area contributed by atoms with Gasteiger partial charge in [0.2, 0.25) is 0 Å². The maximum Gasteiger partial charge on any atom is 0.125 e. The summed E-state index contributed by atoms with van der Waals surface area (Å²) in [7, 11) is 0. The highest BCUT2D eigenvalue weighted by Crippen LogP contribution is 2.26.